The molecule has 0 saturated heterocycles. The van der Waals surface area contributed by atoms with Crippen molar-refractivity contribution in [2.45, 2.75) is 24.3 Å². The number of carboxylic acids is 1. The highest BCUT2D eigenvalue weighted by atomic mass is 32.2. The zero-order valence-electron chi connectivity index (χ0n) is 26.9. The number of hydrazine groups is 1. The van der Waals surface area contributed by atoms with Crippen LogP contribution in [0.1, 0.15) is 23.0 Å². The molecule has 0 radical (unpaired) electrons. The molecule has 2 heterocycles. The summed E-state index contributed by atoms with van der Waals surface area (Å²) in [4.78, 5) is 54.8. The van der Waals surface area contributed by atoms with Crippen LogP contribution in [0.2, 0.25) is 0 Å². The van der Waals surface area contributed by atoms with Crippen LogP contribution in [0.3, 0.4) is 0 Å². The van der Waals surface area contributed by atoms with E-state index in [0.29, 0.717) is 29.0 Å². The van der Waals surface area contributed by atoms with E-state index < -0.39 is 68.5 Å². The Hall–Kier alpha value is -6.40. The predicted molar refractivity (Wildman–Crippen MR) is 183 cm³/mol. The normalized spacial score (nSPS) is 12.4. The second-order valence-electron chi connectivity index (χ2n) is 11.3. The van der Waals surface area contributed by atoms with Gasteiger partial charge in [0.15, 0.2) is 0 Å². The molecule has 0 aliphatic carbocycles. The number of rotatable bonds is 11. The number of carboxylic acid groups (broad SMARTS) is 1. The number of anilines is 2. The van der Waals surface area contributed by atoms with E-state index in [0.717, 1.165) is 9.58 Å². The molecule has 0 unspecified atom stereocenters. The molecule has 264 valence electrons. The summed E-state index contributed by atoms with van der Waals surface area (Å²) in [5.41, 5.74) is 4.07. The summed E-state index contributed by atoms with van der Waals surface area (Å²) >= 11 is 0. The largest absolute Gasteiger partial charge is 0.480 e. The molecule has 5 aromatic rings. The van der Waals surface area contributed by atoms with Crippen LogP contribution in [-0.4, -0.2) is 45.6 Å². The number of aliphatic carboxylic acids is 1. The summed E-state index contributed by atoms with van der Waals surface area (Å²) in [6.45, 7) is 1.60. The molecule has 0 spiro atoms. The van der Waals surface area contributed by atoms with E-state index in [9.17, 15) is 32.7 Å². The molecule has 0 fully saturated rings. The summed E-state index contributed by atoms with van der Waals surface area (Å²) in [5, 5.41) is 13.3. The molecule has 0 aliphatic heterocycles. The molecule has 18 heteroatoms. The average Bonchev–Trinajstić information content (AvgIpc) is 3.08. The maximum Gasteiger partial charge on any atom is 0.335 e. The Bertz CT molecular complexity index is 2430. The van der Waals surface area contributed by atoms with Crippen molar-refractivity contribution in [2.24, 2.45) is 18.6 Å². The van der Waals surface area contributed by atoms with Crippen LogP contribution < -0.4 is 37.9 Å². The number of amides is 1. The van der Waals surface area contributed by atoms with Crippen LogP contribution >= 0.6 is 0 Å². The molecule has 7 N–H and O–H groups in total. The van der Waals surface area contributed by atoms with Crippen LogP contribution in [0.25, 0.3) is 16.6 Å². The maximum atomic E-state index is 15.1. The lowest BCUT2D eigenvalue weighted by Crippen LogP contribution is -2.42. The SMILES string of the molecule is C/C(N)=C/N(N)c1ccc(S(=O)(=O)Nc2cc(F)c(C(=O)N[C@@H](Cc3ccc(-n4c(=O)c5ccccc5n(C)c4=O)cn3)C(=O)O)cc2F)cc1. The molecule has 51 heavy (non-hydrogen) atoms. The third kappa shape index (κ3) is 7.61. The zero-order chi connectivity index (χ0) is 37.2. The van der Waals surface area contributed by atoms with Crippen molar-refractivity contribution >= 4 is 44.2 Å². The van der Waals surface area contributed by atoms with Crippen LogP contribution in [-0.2, 0) is 28.3 Å². The number of halogens is 2. The fourth-order valence-electron chi connectivity index (χ4n) is 5.04. The van der Waals surface area contributed by atoms with Crippen LogP contribution in [0.4, 0.5) is 20.2 Å². The molecule has 0 saturated carbocycles. The smallest absolute Gasteiger partial charge is 0.335 e. The molecule has 1 atom stereocenters. The molecule has 5 rings (SSSR count). The molecule has 1 amide bonds. The van der Waals surface area contributed by atoms with E-state index in [1.165, 1.54) is 60.4 Å². The Morgan fingerprint density at radius 3 is 2.35 bits per heavy atom. The number of hydrogen-bond donors (Lipinski definition) is 5. The van der Waals surface area contributed by atoms with Gasteiger partial charge in [-0.15, -0.1) is 0 Å². The number of benzene rings is 3. The summed E-state index contributed by atoms with van der Waals surface area (Å²) < 4.78 is 60.0. The Kier molecular flexibility index (Phi) is 10.0. The van der Waals surface area contributed by atoms with Gasteiger partial charge in [0.2, 0.25) is 0 Å². The summed E-state index contributed by atoms with van der Waals surface area (Å²) in [5.74, 6) is 0.317. The lowest BCUT2D eigenvalue weighted by Gasteiger charge is -2.16. The lowest BCUT2D eigenvalue weighted by molar-refractivity contribution is -0.139. The van der Waals surface area contributed by atoms with Gasteiger partial charge in [0.05, 0.1) is 44.6 Å². The van der Waals surface area contributed by atoms with Crippen molar-refractivity contribution in [3.8, 4) is 5.69 Å². The van der Waals surface area contributed by atoms with Gasteiger partial charge in [0, 0.05) is 37.1 Å². The Labute approximate surface area is 288 Å². The summed E-state index contributed by atoms with van der Waals surface area (Å²) in [7, 11) is -2.93. The van der Waals surface area contributed by atoms with Gasteiger partial charge in [-0.25, -0.2) is 37.2 Å². The quantitative estimate of drug-likeness (QED) is 0.0981. The zero-order valence-corrected chi connectivity index (χ0v) is 27.7. The molecule has 0 bridgehead atoms. The average molecular weight is 721 g/mol. The highest BCUT2D eigenvalue weighted by Crippen LogP contribution is 2.24. The summed E-state index contributed by atoms with van der Waals surface area (Å²) in [6, 6.07) is 13.5. The summed E-state index contributed by atoms with van der Waals surface area (Å²) in [6.07, 6.45) is 2.16. The van der Waals surface area contributed by atoms with Gasteiger partial charge in [-0.05, 0) is 61.5 Å². The minimum absolute atomic E-state index is 0.105. The molecular formula is C33H30F2N8O7S. The highest BCUT2D eigenvalue weighted by Gasteiger charge is 2.26. The number of nitrogens with two attached hydrogens (primary N) is 2. The first-order chi connectivity index (χ1) is 24.1. The fourth-order valence-corrected chi connectivity index (χ4v) is 6.10. The predicted octanol–water partition coefficient (Wildman–Crippen LogP) is 2.09. The minimum Gasteiger partial charge on any atom is -0.480 e. The van der Waals surface area contributed by atoms with Crippen molar-refractivity contribution in [1.29, 1.82) is 0 Å². The van der Waals surface area contributed by atoms with Crippen molar-refractivity contribution < 1.29 is 31.9 Å². The number of aromatic nitrogens is 3. The van der Waals surface area contributed by atoms with Gasteiger partial charge in [-0.1, -0.05) is 12.1 Å². The van der Waals surface area contributed by atoms with Crippen molar-refractivity contribution in [2.75, 3.05) is 9.73 Å². The van der Waals surface area contributed by atoms with E-state index in [2.05, 4.69) is 10.3 Å². The number of fused-ring (bicyclic) bond motifs is 1. The third-order valence-electron chi connectivity index (χ3n) is 7.59. The number of allylic oxidation sites excluding steroid dienone is 1. The highest BCUT2D eigenvalue weighted by molar-refractivity contribution is 7.92. The van der Waals surface area contributed by atoms with Crippen LogP contribution in [0.5, 0.6) is 0 Å². The lowest BCUT2D eigenvalue weighted by atomic mass is 10.1. The van der Waals surface area contributed by atoms with Crippen LogP contribution in [0.15, 0.2) is 105 Å². The second kappa shape index (κ2) is 14.2. The maximum absolute atomic E-state index is 15.1. The first kappa shape index (κ1) is 35.9. The van der Waals surface area contributed by atoms with E-state index in [-0.39, 0.29) is 21.7 Å². The number of pyridine rings is 1. The monoisotopic (exact) mass is 720 g/mol. The number of nitrogens with one attached hydrogen (secondary N) is 2. The molecule has 15 nitrogen and oxygen atoms in total. The standard InChI is InChI=1S/C33H30F2N8O7S/c1-18(36)17-42(37)20-9-11-22(12-10-20)51(49,50)40-27-15-25(34)24(14-26(27)35)30(44)39-28(32(46)47)13-19-7-8-21(16-38-19)43-31(45)23-5-3-4-6-29(23)41(2)33(43)48/h3-12,14-17,28,40H,13,36-37H2,1-2H3,(H,39,44)(H,46,47)/b18-17-/t28-/m0/s1. The minimum atomic E-state index is -4.43. The Morgan fingerprint density at radius 2 is 1.73 bits per heavy atom. The van der Waals surface area contributed by atoms with E-state index in [4.69, 9.17) is 11.6 Å². The first-order valence-corrected chi connectivity index (χ1v) is 16.3. The third-order valence-corrected chi connectivity index (χ3v) is 8.98. The van der Waals surface area contributed by atoms with Gasteiger partial charge in [0.25, 0.3) is 21.5 Å². The van der Waals surface area contributed by atoms with Gasteiger partial charge < -0.3 is 16.2 Å². The molecular weight excluding hydrogens is 690 g/mol. The second-order valence-corrected chi connectivity index (χ2v) is 12.9. The number of carbonyl (C=O) groups excluding carboxylic acids is 1. The van der Waals surface area contributed by atoms with Crippen LogP contribution in [0, 0.1) is 11.6 Å². The number of aryl methyl sites for hydroxylation is 1. The number of hydrogen-bond acceptors (Lipinski definition) is 10. The van der Waals surface area contributed by atoms with Crippen molar-refractivity contribution in [1.82, 2.24) is 19.4 Å². The number of carbonyl (C=O) groups is 2. The first-order valence-electron chi connectivity index (χ1n) is 14.9. The molecule has 3 aromatic carbocycles. The van der Waals surface area contributed by atoms with Crippen molar-refractivity contribution in [3.63, 3.8) is 0 Å². The Morgan fingerprint density at radius 1 is 1.04 bits per heavy atom. The number of para-hydroxylation sites is 1. The topological polar surface area (TPSA) is 225 Å². The number of nitrogens with zero attached hydrogens (tertiary/aromatic N) is 4. The molecule has 0 aliphatic rings. The van der Waals surface area contributed by atoms with E-state index in [1.807, 2.05) is 4.72 Å². The Balaban J connectivity index is 1.31. The van der Waals surface area contributed by atoms with Gasteiger partial charge >= 0.3 is 11.7 Å². The molecule has 2 aromatic heterocycles. The van der Waals surface area contributed by atoms with Gasteiger partial charge in [0.1, 0.15) is 17.7 Å². The van der Waals surface area contributed by atoms with Gasteiger partial charge in [-0.3, -0.25) is 28.9 Å². The van der Waals surface area contributed by atoms with Gasteiger partial charge in [-0.2, -0.15) is 0 Å². The number of sulfonamides is 1. The van der Waals surface area contributed by atoms with E-state index >= 15 is 8.78 Å². The fraction of sp³-hybridized carbons (Fsp3) is 0.121. The van der Waals surface area contributed by atoms with E-state index in [1.54, 1.807) is 31.2 Å². The van der Waals surface area contributed by atoms with Crippen molar-refractivity contribution in [3.05, 3.63) is 135 Å².